The van der Waals surface area contributed by atoms with Gasteiger partial charge < -0.3 is 5.32 Å². The van der Waals surface area contributed by atoms with Gasteiger partial charge in [-0.25, -0.2) is 0 Å². The molecule has 3 nitrogen and oxygen atoms in total. The largest absolute Gasteiger partial charge is 0.319 e. The molecule has 1 saturated carbocycles. The van der Waals surface area contributed by atoms with Gasteiger partial charge in [0.2, 0.25) is 0 Å². The molecule has 14 heavy (non-hydrogen) atoms. The van der Waals surface area contributed by atoms with E-state index in [1.807, 2.05) is 25.0 Å². The van der Waals surface area contributed by atoms with E-state index in [1.54, 1.807) is 0 Å². The Labute approximate surface area is 85.5 Å². The molecule has 0 bridgehead atoms. The lowest BCUT2D eigenvalue weighted by Crippen LogP contribution is -2.35. The van der Waals surface area contributed by atoms with Gasteiger partial charge in [0.15, 0.2) is 0 Å². The van der Waals surface area contributed by atoms with Crippen molar-refractivity contribution in [3.05, 3.63) is 18.0 Å². The summed E-state index contributed by atoms with van der Waals surface area (Å²) in [5.41, 5.74) is 1.39. The standard InChI is InChI=1S/C11H19N3/c1-12-7-11-4-3-10(11)5-9-6-13-14(2)8-9/h6,8,10-12H,3-5,7H2,1-2H3. The summed E-state index contributed by atoms with van der Waals surface area (Å²) in [7, 11) is 4.02. The van der Waals surface area contributed by atoms with Crippen molar-refractivity contribution in [1.29, 1.82) is 0 Å². The number of nitrogens with one attached hydrogen (secondary N) is 1. The third kappa shape index (κ3) is 1.98. The smallest absolute Gasteiger partial charge is 0.0521 e. The quantitative estimate of drug-likeness (QED) is 0.779. The van der Waals surface area contributed by atoms with Crippen molar-refractivity contribution in [3.8, 4) is 0 Å². The summed E-state index contributed by atoms with van der Waals surface area (Å²) in [4.78, 5) is 0. The van der Waals surface area contributed by atoms with Crippen molar-refractivity contribution >= 4 is 0 Å². The van der Waals surface area contributed by atoms with Gasteiger partial charge in [-0.1, -0.05) is 0 Å². The molecule has 0 amide bonds. The fourth-order valence-electron chi connectivity index (χ4n) is 2.32. The van der Waals surface area contributed by atoms with Crippen LogP contribution in [0.3, 0.4) is 0 Å². The van der Waals surface area contributed by atoms with Crippen LogP contribution in [0.4, 0.5) is 0 Å². The molecule has 3 heteroatoms. The second-order valence-electron chi connectivity index (χ2n) is 4.38. The predicted octanol–water partition coefficient (Wildman–Crippen LogP) is 1.21. The fourth-order valence-corrected chi connectivity index (χ4v) is 2.32. The maximum absolute atomic E-state index is 4.20. The number of aryl methyl sites for hydroxylation is 1. The van der Waals surface area contributed by atoms with Crippen molar-refractivity contribution in [1.82, 2.24) is 15.1 Å². The summed E-state index contributed by atoms with van der Waals surface area (Å²) in [5, 5.41) is 7.47. The zero-order valence-electron chi connectivity index (χ0n) is 9.03. The Morgan fingerprint density at radius 2 is 2.29 bits per heavy atom. The number of hydrogen-bond acceptors (Lipinski definition) is 2. The summed E-state index contributed by atoms with van der Waals surface area (Å²) >= 11 is 0. The van der Waals surface area contributed by atoms with Gasteiger partial charge in [-0.15, -0.1) is 0 Å². The molecular weight excluding hydrogens is 174 g/mol. The third-order valence-corrected chi connectivity index (χ3v) is 3.30. The molecule has 0 spiro atoms. The van der Waals surface area contributed by atoms with Gasteiger partial charge in [-0.3, -0.25) is 4.68 Å². The Kier molecular flexibility index (Phi) is 2.87. The zero-order valence-corrected chi connectivity index (χ0v) is 9.03. The van der Waals surface area contributed by atoms with Crippen LogP contribution in [-0.2, 0) is 13.5 Å². The van der Waals surface area contributed by atoms with E-state index in [-0.39, 0.29) is 0 Å². The Hall–Kier alpha value is -0.830. The summed E-state index contributed by atoms with van der Waals surface area (Å²) in [6, 6.07) is 0. The molecule has 2 unspecified atom stereocenters. The van der Waals surface area contributed by atoms with E-state index in [4.69, 9.17) is 0 Å². The monoisotopic (exact) mass is 193 g/mol. The number of rotatable bonds is 4. The SMILES string of the molecule is CNCC1CCC1Cc1cnn(C)c1. The summed E-state index contributed by atoms with van der Waals surface area (Å²) in [5.74, 6) is 1.77. The lowest BCUT2D eigenvalue weighted by atomic mass is 9.71. The molecule has 1 aromatic heterocycles. The summed E-state index contributed by atoms with van der Waals surface area (Å²) in [6.45, 7) is 1.17. The summed E-state index contributed by atoms with van der Waals surface area (Å²) < 4.78 is 1.89. The molecule has 78 valence electrons. The first-order valence-corrected chi connectivity index (χ1v) is 5.41. The average Bonchev–Trinajstić information content (AvgIpc) is 2.55. The second kappa shape index (κ2) is 4.13. The lowest BCUT2D eigenvalue weighted by molar-refractivity contribution is 0.174. The first kappa shape index (κ1) is 9.71. The summed E-state index contributed by atoms with van der Waals surface area (Å²) in [6.07, 6.45) is 8.12. The van der Waals surface area contributed by atoms with Crippen molar-refractivity contribution in [2.24, 2.45) is 18.9 Å². The molecule has 1 N–H and O–H groups in total. The van der Waals surface area contributed by atoms with E-state index in [9.17, 15) is 0 Å². The molecule has 0 radical (unpaired) electrons. The molecule has 0 saturated heterocycles. The Bertz CT molecular complexity index is 292. The number of aromatic nitrogens is 2. The van der Waals surface area contributed by atoms with Crippen LogP contribution in [0.15, 0.2) is 12.4 Å². The first-order chi connectivity index (χ1) is 6.79. The van der Waals surface area contributed by atoms with Gasteiger partial charge in [-0.2, -0.15) is 5.10 Å². The van der Waals surface area contributed by atoms with Gasteiger partial charge in [0.25, 0.3) is 0 Å². The lowest BCUT2D eigenvalue weighted by Gasteiger charge is -2.36. The van der Waals surface area contributed by atoms with Crippen LogP contribution in [-0.4, -0.2) is 23.4 Å². The fraction of sp³-hybridized carbons (Fsp3) is 0.727. The Morgan fingerprint density at radius 1 is 1.50 bits per heavy atom. The van der Waals surface area contributed by atoms with Crippen LogP contribution in [0, 0.1) is 11.8 Å². The van der Waals surface area contributed by atoms with Crippen molar-refractivity contribution < 1.29 is 0 Å². The van der Waals surface area contributed by atoms with E-state index in [0.717, 1.165) is 11.8 Å². The van der Waals surface area contributed by atoms with E-state index < -0.39 is 0 Å². The van der Waals surface area contributed by atoms with Crippen molar-refractivity contribution in [2.45, 2.75) is 19.3 Å². The molecule has 1 aliphatic rings. The number of nitrogens with zero attached hydrogens (tertiary/aromatic N) is 2. The Balaban J connectivity index is 1.86. The van der Waals surface area contributed by atoms with Gasteiger partial charge in [0.05, 0.1) is 6.20 Å². The maximum atomic E-state index is 4.20. The molecule has 2 atom stereocenters. The first-order valence-electron chi connectivity index (χ1n) is 5.41. The second-order valence-corrected chi connectivity index (χ2v) is 4.38. The van der Waals surface area contributed by atoms with Crippen LogP contribution in [0.5, 0.6) is 0 Å². The molecule has 2 rings (SSSR count). The van der Waals surface area contributed by atoms with E-state index in [0.29, 0.717) is 0 Å². The highest BCUT2D eigenvalue weighted by Crippen LogP contribution is 2.36. The van der Waals surface area contributed by atoms with Gasteiger partial charge in [-0.05, 0) is 50.3 Å². The highest BCUT2D eigenvalue weighted by atomic mass is 15.2. The van der Waals surface area contributed by atoms with Gasteiger partial charge in [0, 0.05) is 13.2 Å². The van der Waals surface area contributed by atoms with E-state index in [2.05, 4.69) is 16.6 Å². The zero-order chi connectivity index (χ0) is 9.97. The van der Waals surface area contributed by atoms with Gasteiger partial charge in [0.1, 0.15) is 0 Å². The highest BCUT2D eigenvalue weighted by Gasteiger charge is 2.30. The average molecular weight is 193 g/mol. The van der Waals surface area contributed by atoms with Crippen LogP contribution in [0.1, 0.15) is 18.4 Å². The van der Waals surface area contributed by atoms with Crippen LogP contribution >= 0.6 is 0 Å². The van der Waals surface area contributed by atoms with Crippen LogP contribution in [0.2, 0.25) is 0 Å². The number of hydrogen-bond donors (Lipinski definition) is 1. The molecule has 1 heterocycles. The topological polar surface area (TPSA) is 29.9 Å². The molecule has 1 aliphatic carbocycles. The normalized spacial score (nSPS) is 26.1. The maximum Gasteiger partial charge on any atom is 0.0521 e. The highest BCUT2D eigenvalue weighted by molar-refractivity contribution is 5.06. The minimum atomic E-state index is 0.881. The van der Waals surface area contributed by atoms with Crippen LogP contribution in [0.25, 0.3) is 0 Å². The molecule has 1 aromatic rings. The Morgan fingerprint density at radius 3 is 2.79 bits per heavy atom. The van der Waals surface area contributed by atoms with Crippen LogP contribution < -0.4 is 5.32 Å². The van der Waals surface area contributed by atoms with E-state index in [1.165, 1.54) is 31.4 Å². The van der Waals surface area contributed by atoms with E-state index >= 15 is 0 Å². The van der Waals surface area contributed by atoms with Crippen molar-refractivity contribution in [2.75, 3.05) is 13.6 Å². The molecule has 0 aromatic carbocycles. The minimum Gasteiger partial charge on any atom is -0.319 e. The van der Waals surface area contributed by atoms with Crippen molar-refractivity contribution in [3.63, 3.8) is 0 Å². The molecular formula is C11H19N3. The molecule has 0 aliphatic heterocycles. The van der Waals surface area contributed by atoms with Gasteiger partial charge >= 0.3 is 0 Å². The third-order valence-electron chi connectivity index (χ3n) is 3.30. The molecule has 1 fully saturated rings. The predicted molar refractivity (Wildman–Crippen MR) is 57.1 cm³/mol. The minimum absolute atomic E-state index is 0.881.